The molecule has 0 bridgehead atoms. The average Bonchev–Trinajstić information content (AvgIpc) is 3.52. The number of rotatable bonds is 4. The van der Waals surface area contributed by atoms with E-state index in [1.165, 1.54) is 6.07 Å². The van der Waals surface area contributed by atoms with Gasteiger partial charge in [-0.1, -0.05) is 41.4 Å². The van der Waals surface area contributed by atoms with Gasteiger partial charge in [-0.15, -0.1) is 0 Å². The molecule has 1 amide bonds. The molecule has 4 atom stereocenters. The third kappa shape index (κ3) is 3.52. The van der Waals surface area contributed by atoms with Crippen LogP contribution in [0.25, 0.3) is 11.0 Å². The summed E-state index contributed by atoms with van der Waals surface area (Å²) in [6.07, 6.45) is 2.58. The molecule has 4 aliphatic rings. The van der Waals surface area contributed by atoms with Crippen molar-refractivity contribution in [2.24, 2.45) is 5.92 Å². The topological polar surface area (TPSA) is 87.5 Å². The minimum atomic E-state index is -1.09. The molecule has 42 heavy (non-hydrogen) atoms. The van der Waals surface area contributed by atoms with E-state index in [0.29, 0.717) is 46.2 Å². The second-order valence-electron chi connectivity index (χ2n) is 12.2. The fourth-order valence-electron chi connectivity index (χ4n) is 7.92. The SMILES string of the molecule is Cc1c(C(=O)O)ccc2c1nc1n2C[C@H]2[C@@H]1[C@H](c1cccc(Cl)c1F)[C@@]1(Cc3ccc(Cl)cc3NC1=O)N2CC1CC1. The van der Waals surface area contributed by atoms with Gasteiger partial charge in [-0.2, -0.15) is 0 Å². The minimum Gasteiger partial charge on any atom is -0.478 e. The number of imidazole rings is 1. The van der Waals surface area contributed by atoms with E-state index >= 15 is 4.39 Å². The van der Waals surface area contributed by atoms with Gasteiger partial charge in [0.05, 0.1) is 21.6 Å². The van der Waals surface area contributed by atoms with Gasteiger partial charge in [0.1, 0.15) is 17.2 Å². The van der Waals surface area contributed by atoms with Crippen LogP contribution in [0.1, 0.15) is 57.6 Å². The first-order valence-corrected chi connectivity index (χ1v) is 15.0. The lowest BCUT2D eigenvalue weighted by Crippen LogP contribution is -2.61. The number of carbonyl (C=O) groups is 2. The van der Waals surface area contributed by atoms with Crippen LogP contribution in [0.2, 0.25) is 10.0 Å². The van der Waals surface area contributed by atoms with Gasteiger partial charge in [0, 0.05) is 48.1 Å². The molecule has 8 rings (SSSR count). The number of aryl methyl sites for hydroxylation is 1. The Hall–Kier alpha value is -3.46. The molecule has 1 saturated heterocycles. The molecule has 0 radical (unpaired) electrons. The van der Waals surface area contributed by atoms with E-state index in [2.05, 4.69) is 14.8 Å². The third-order valence-corrected chi connectivity index (χ3v) is 10.5. The number of fused-ring (bicyclic) bond motifs is 6. The molecule has 4 heterocycles. The maximum atomic E-state index is 16.1. The van der Waals surface area contributed by atoms with Gasteiger partial charge < -0.3 is 15.0 Å². The lowest BCUT2D eigenvalue weighted by molar-refractivity contribution is -0.129. The van der Waals surface area contributed by atoms with Gasteiger partial charge in [-0.3, -0.25) is 9.69 Å². The number of nitrogens with zero attached hydrogens (tertiary/aromatic N) is 3. The quantitative estimate of drug-likeness (QED) is 0.281. The fourth-order valence-corrected chi connectivity index (χ4v) is 8.27. The molecule has 3 aromatic carbocycles. The lowest BCUT2D eigenvalue weighted by Gasteiger charge is -2.46. The fraction of sp³-hybridized carbons (Fsp3) is 0.344. The summed E-state index contributed by atoms with van der Waals surface area (Å²) in [7, 11) is 0. The van der Waals surface area contributed by atoms with Crippen molar-refractivity contribution in [3.05, 3.63) is 92.5 Å². The molecule has 2 N–H and O–H groups in total. The van der Waals surface area contributed by atoms with E-state index in [4.69, 9.17) is 28.2 Å². The molecular formula is C32H27Cl2FN4O3. The summed E-state index contributed by atoms with van der Waals surface area (Å²) < 4.78 is 18.3. The summed E-state index contributed by atoms with van der Waals surface area (Å²) in [4.78, 5) is 33.8. The highest BCUT2D eigenvalue weighted by atomic mass is 35.5. The van der Waals surface area contributed by atoms with Crippen LogP contribution in [-0.4, -0.2) is 49.6 Å². The van der Waals surface area contributed by atoms with Crippen LogP contribution in [0, 0.1) is 18.7 Å². The summed E-state index contributed by atoms with van der Waals surface area (Å²) >= 11 is 12.7. The Labute approximate surface area is 251 Å². The molecule has 3 aliphatic heterocycles. The Morgan fingerprint density at radius 3 is 2.76 bits per heavy atom. The Morgan fingerprint density at radius 1 is 1.19 bits per heavy atom. The number of benzene rings is 3. The number of amides is 1. The first kappa shape index (κ1) is 26.2. The number of anilines is 1. The Balaban J connectivity index is 1.38. The van der Waals surface area contributed by atoms with Gasteiger partial charge in [0.2, 0.25) is 5.91 Å². The highest BCUT2D eigenvalue weighted by Crippen LogP contribution is 2.61. The van der Waals surface area contributed by atoms with Crippen LogP contribution in [0.3, 0.4) is 0 Å². The van der Waals surface area contributed by atoms with Crippen molar-refractivity contribution < 1.29 is 19.1 Å². The number of hydrogen-bond donors (Lipinski definition) is 2. The molecule has 1 saturated carbocycles. The molecule has 0 unspecified atom stereocenters. The maximum absolute atomic E-state index is 16.1. The molecule has 2 fully saturated rings. The van der Waals surface area contributed by atoms with Crippen LogP contribution in [-0.2, 0) is 17.8 Å². The van der Waals surface area contributed by atoms with Gasteiger partial charge in [-0.25, -0.2) is 14.2 Å². The predicted molar refractivity (Wildman–Crippen MR) is 158 cm³/mol. The highest BCUT2D eigenvalue weighted by molar-refractivity contribution is 6.31. The van der Waals surface area contributed by atoms with E-state index in [1.54, 1.807) is 31.2 Å². The molecular weight excluding hydrogens is 578 g/mol. The van der Waals surface area contributed by atoms with E-state index in [9.17, 15) is 14.7 Å². The van der Waals surface area contributed by atoms with Gasteiger partial charge >= 0.3 is 5.97 Å². The van der Waals surface area contributed by atoms with Crippen molar-refractivity contribution in [3.8, 4) is 0 Å². The summed E-state index contributed by atoms with van der Waals surface area (Å²) in [6, 6.07) is 13.9. The molecule has 10 heteroatoms. The molecule has 1 aromatic heterocycles. The van der Waals surface area contributed by atoms with Gasteiger partial charge in [-0.05, 0) is 72.7 Å². The standard InChI is InChI=1S/C32H27Cl2FN4O3/c1-15-19(30(40)41)9-10-23-28(15)37-29-25-24(14-38(23)29)39(13-16-5-6-16)32(26(25)20-3-2-4-21(34)27(20)35)12-17-7-8-18(33)11-22(17)36-31(32)42/h2-4,7-11,16,24-26H,5-6,12-14H2,1H3,(H,36,42)(H,40,41)/t24-,25+,26-,32+/m0/s1. The number of carboxylic acid groups (broad SMARTS) is 1. The number of hydrogen-bond acceptors (Lipinski definition) is 4. The van der Waals surface area contributed by atoms with Crippen LogP contribution >= 0.6 is 23.2 Å². The number of aromatic carboxylic acids is 1. The third-order valence-electron chi connectivity index (χ3n) is 9.94. The van der Waals surface area contributed by atoms with Crippen molar-refractivity contribution in [2.45, 2.75) is 56.1 Å². The van der Waals surface area contributed by atoms with Crippen molar-refractivity contribution in [1.82, 2.24) is 14.5 Å². The summed E-state index contributed by atoms with van der Waals surface area (Å²) in [5, 5.41) is 13.4. The van der Waals surface area contributed by atoms with E-state index in [1.807, 2.05) is 18.2 Å². The number of halogens is 3. The zero-order valence-corrected chi connectivity index (χ0v) is 24.2. The van der Waals surface area contributed by atoms with E-state index in [0.717, 1.165) is 36.3 Å². The zero-order chi connectivity index (χ0) is 29.1. The number of carboxylic acids is 1. The highest BCUT2D eigenvalue weighted by Gasteiger charge is 2.67. The van der Waals surface area contributed by atoms with Gasteiger partial charge in [0.15, 0.2) is 0 Å². The van der Waals surface area contributed by atoms with Gasteiger partial charge in [0.25, 0.3) is 0 Å². The Kier molecular flexibility index (Phi) is 5.62. The summed E-state index contributed by atoms with van der Waals surface area (Å²) in [5.41, 5.74) is 3.19. The average molecular weight is 605 g/mol. The summed E-state index contributed by atoms with van der Waals surface area (Å²) in [5.74, 6) is -1.41. The largest absolute Gasteiger partial charge is 0.478 e. The first-order chi connectivity index (χ1) is 20.2. The maximum Gasteiger partial charge on any atom is 0.336 e. The normalized spacial score (nSPS) is 26.4. The van der Waals surface area contributed by atoms with Crippen molar-refractivity contribution in [2.75, 3.05) is 11.9 Å². The lowest BCUT2D eigenvalue weighted by atomic mass is 9.69. The molecule has 1 spiro atoms. The first-order valence-electron chi connectivity index (χ1n) is 14.2. The van der Waals surface area contributed by atoms with Crippen LogP contribution < -0.4 is 5.32 Å². The second kappa shape index (κ2) is 9.02. The number of likely N-dealkylation sites (tertiary alicyclic amines) is 1. The second-order valence-corrected chi connectivity index (χ2v) is 13.0. The molecule has 1 aliphatic carbocycles. The molecule has 7 nitrogen and oxygen atoms in total. The van der Waals surface area contributed by atoms with E-state index < -0.39 is 23.2 Å². The number of nitrogens with one attached hydrogen (secondary N) is 1. The van der Waals surface area contributed by atoms with Crippen molar-refractivity contribution in [3.63, 3.8) is 0 Å². The predicted octanol–water partition coefficient (Wildman–Crippen LogP) is 6.40. The molecule has 214 valence electrons. The van der Waals surface area contributed by atoms with E-state index in [-0.39, 0.29) is 28.5 Å². The zero-order valence-electron chi connectivity index (χ0n) is 22.7. The van der Waals surface area contributed by atoms with Crippen molar-refractivity contribution in [1.29, 1.82) is 0 Å². The smallest absolute Gasteiger partial charge is 0.336 e. The Bertz CT molecular complexity index is 1850. The summed E-state index contributed by atoms with van der Waals surface area (Å²) in [6.45, 7) is 3.06. The minimum absolute atomic E-state index is 0.0108. The molecule has 4 aromatic rings. The van der Waals surface area contributed by atoms with Crippen LogP contribution in [0.4, 0.5) is 10.1 Å². The van der Waals surface area contributed by atoms with Crippen LogP contribution in [0.5, 0.6) is 0 Å². The van der Waals surface area contributed by atoms with Crippen molar-refractivity contribution >= 4 is 51.8 Å². The number of carbonyl (C=O) groups excluding carboxylic acids is 1. The number of aromatic nitrogens is 2. The van der Waals surface area contributed by atoms with Crippen LogP contribution in [0.15, 0.2) is 48.5 Å². The monoisotopic (exact) mass is 604 g/mol. The Morgan fingerprint density at radius 2 is 2.00 bits per heavy atom.